The number of alkyl halides is 3. The van der Waals surface area contributed by atoms with Gasteiger partial charge in [-0.05, 0) is 17.2 Å². The molecule has 1 unspecified atom stereocenters. The SMILES string of the molecule is NC(N)=NC(=O)NC(c1ccccc1)c1ccccc1C(F)(F)F. The van der Waals surface area contributed by atoms with Gasteiger partial charge in [0.15, 0.2) is 5.96 Å². The quantitative estimate of drug-likeness (QED) is 0.594. The second kappa shape index (κ2) is 7.03. The lowest BCUT2D eigenvalue weighted by atomic mass is 9.94. The van der Waals surface area contributed by atoms with E-state index in [2.05, 4.69) is 10.3 Å². The monoisotopic (exact) mass is 336 g/mol. The number of guanidine groups is 1. The molecule has 0 saturated carbocycles. The summed E-state index contributed by atoms with van der Waals surface area (Å²) in [5.41, 5.74) is 9.79. The highest BCUT2D eigenvalue weighted by Crippen LogP contribution is 2.36. The lowest BCUT2D eigenvalue weighted by Crippen LogP contribution is -2.32. The fourth-order valence-electron chi connectivity index (χ4n) is 2.27. The smallest absolute Gasteiger partial charge is 0.370 e. The Bertz CT molecular complexity index is 740. The van der Waals surface area contributed by atoms with Crippen LogP contribution in [0.1, 0.15) is 22.7 Å². The van der Waals surface area contributed by atoms with Crippen molar-refractivity contribution < 1.29 is 18.0 Å². The van der Waals surface area contributed by atoms with Gasteiger partial charge in [-0.15, -0.1) is 0 Å². The largest absolute Gasteiger partial charge is 0.416 e. The highest BCUT2D eigenvalue weighted by atomic mass is 19.4. The second-order valence-corrected chi connectivity index (χ2v) is 4.91. The van der Waals surface area contributed by atoms with Gasteiger partial charge in [0, 0.05) is 0 Å². The van der Waals surface area contributed by atoms with Crippen molar-refractivity contribution in [3.05, 3.63) is 71.3 Å². The van der Waals surface area contributed by atoms with E-state index in [1.165, 1.54) is 18.2 Å². The molecule has 2 rings (SSSR count). The molecular formula is C16H15F3N4O. The van der Waals surface area contributed by atoms with Crippen molar-refractivity contribution in [2.45, 2.75) is 12.2 Å². The van der Waals surface area contributed by atoms with Crippen molar-refractivity contribution in [3.8, 4) is 0 Å². The van der Waals surface area contributed by atoms with Crippen LogP contribution in [-0.2, 0) is 6.18 Å². The zero-order chi connectivity index (χ0) is 17.7. The molecule has 0 bridgehead atoms. The molecule has 0 aliphatic rings. The van der Waals surface area contributed by atoms with Crippen LogP contribution in [0.5, 0.6) is 0 Å². The zero-order valence-electron chi connectivity index (χ0n) is 12.4. The Hall–Kier alpha value is -3.03. The molecule has 2 amide bonds. The molecule has 2 aromatic rings. The van der Waals surface area contributed by atoms with Gasteiger partial charge in [-0.3, -0.25) is 0 Å². The number of nitrogens with zero attached hydrogens (tertiary/aromatic N) is 1. The van der Waals surface area contributed by atoms with Crippen LogP contribution in [0.2, 0.25) is 0 Å². The van der Waals surface area contributed by atoms with Crippen LogP contribution in [0.3, 0.4) is 0 Å². The Morgan fingerprint density at radius 1 is 1.00 bits per heavy atom. The summed E-state index contributed by atoms with van der Waals surface area (Å²) in [7, 11) is 0. The molecule has 0 aromatic heterocycles. The van der Waals surface area contributed by atoms with Gasteiger partial charge in [-0.2, -0.15) is 18.2 Å². The van der Waals surface area contributed by atoms with Crippen molar-refractivity contribution in [1.82, 2.24) is 5.32 Å². The van der Waals surface area contributed by atoms with Gasteiger partial charge in [0.25, 0.3) is 0 Å². The topological polar surface area (TPSA) is 93.5 Å². The van der Waals surface area contributed by atoms with Crippen LogP contribution in [0.25, 0.3) is 0 Å². The summed E-state index contributed by atoms with van der Waals surface area (Å²) >= 11 is 0. The Kier molecular flexibility index (Phi) is 5.08. The normalized spacial score (nSPS) is 12.3. The molecule has 126 valence electrons. The third-order valence-corrected chi connectivity index (χ3v) is 3.21. The van der Waals surface area contributed by atoms with Gasteiger partial charge >= 0.3 is 12.2 Å². The van der Waals surface area contributed by atoms with Crippen LogP contribution < -0.4 is 16.8 Å². The predicted octanol–water partition coefficient (Wildman–Crippen LogP) is 2.78. The molecular weight excluding hydrogens is 321 g/mol. The van der Waals surface area contributed by atoms with E-state index in [4.69, 9.17) is 11.5 Å². The number of nitrogens with one attached hydrogen (secondary N) is 1. The van der Waals surface area contributed by atoms with Crippen molar-refractivity contribution in [2.24, 2.45) is 16.5 Å². The van der Waals surface area contributed by atoms with E-state index in [1.54, 1.807) is 30.3 Å². The summed E-state index contributed by atoms with van der Waals surface area (Å²) in [5, 5.41) is 2.41. The zero-order valence-corrected chi connectivity index (χ0v) is 12.4. The molecule has 0 spiro atoms. The van der Waals surface area contributed by atoms with Gasteiger partial charge in [0.2, 0.25) is 0 Å². The Morgan fingerprint density at radius 3 is 2.17 bits per heavy atom. The van der Waals surface area contributed by atoms with Gasteiger partial charge in [0.05, 0.1) is 11.6 Å². The van der Waals surface area contributed by atoms with Gasteiger partial charge in [-0.25, -0.2) is 4.79 Å². The molecule has 1 atom stereocenters. The van der Waals surface area contributed by atoms with E-state index < -0.39 is 29.8 Å². The number of halogens is 3. The van der Waals surface area contributed by atoms with E-state index >= 15 is 0 Å². The summed E-state index contributed by atoms with van der Waals surface area (Å²) in [5.74, 6) is -0.483. The number of carbonyl (C=O) groups excluding carboxylic acids is 1. The fourth-order valence-corrected chi connectivity index (χ4v) is 2.27. The van der Waals surface area contributed by atoms with Crippen molar-refractivity contribution >= 4 is 12.0 Å². The summed E-state index contributed by atoms with van der Waals surface area (Å²) in [6, 6.07) is 11.3. The Labute approximate surface area is 136 Å². The molecule has 0 saturated heterocycles. The maximum absolute atomic E-state index is 13.3. The van der Waals surface area contributed by atoms with Gasteiger partial charge in [0.1, 0.15) is 0 Å². The van der Waals surface area contributed by atoms with Crippen LogP contribution in [0, 0.1) is 0 Å². The average molecular weight is 336 g/mol. The lowest BCUT2D eigenvalue weighted by molar-refractivity contribution is -0.138. The standard InChI is InChI=1S/C16H15F3N4O/c17-16(18,19)12-9-5-4-8-11(12)13(10-6-2-1-3-7-10)22-15(24)23-14(20)21/h1-9,13H,(H5,20,21,22,23,24). The average Bonchev–Trinajstić information content (AvgIpc) is 2.52. The van der Waals surface area contributed by atoms with Crippen LogP contribution in [-0.4, -0.2) is 12.0 Å². The van der Waals surface area contributed by atoms with Crippen molar-refractivity contribution in [3.63, 3.8) is 0 Å². The lowest BCUT2D eigenvalue weighted by Gasteiger charge is -2.22. The van der Waals surface area contributed by atoms with Gasteiger partial charge in [-0.1, -0.05) is 48.5 Å². The number of rotatable bonds is 3. The van der Waals surface area contributed by atoms with Crippen LogP contribution in [0.4, 0.5) is 18.0 Å². The minimum Gasteiger partial charge on any atom is -0.370 e. The first-order chi connectivity index (χ1) is 11.3. The molecule has 0 fully saturated rings. The minimum absolute atomic E-state index is 0.102. The van der Waals surface area contributed by atoms with E-state index in [1.807, 2.05) is 0 Å². The van der Waals surface area contributed by atoms with E-state index in [9.17, 15) is 18.0 Å². The molecule has 0 aliphatic carbocycles. The third kappa shape index (κ3) is 4.25. The highest BCUT2D eigenvalue weighted by Gasteiger charge is 2.35. The predicted molar refractivity (Wildman–Crippen MR) is 84.1 cm³/mol. The Balaban J connectivity index is 2.52. The van der Waals surface area contributed by atoms with Crippen molar-refractivity contribution in [2.75, 3.05) is 0 Å². The van der Waals surface area contributed by atoms with Crippen molar-refractivity contribution in [1.29, 1.82) is 0 Å². The maximum atomic E-state index is 13.3. The Morgan fingerprint density at radius 2 is 1.58 bits per heavy atom. The molecule has 0 heterocycles. The number of hydrogen-bond donors (Lipinski definition) is 3. The van der Waals surface area contributed by atoms with Crippen LogP contribution in [0.15, 0.2) is 59.6 Å². The number of aliphatic imine (C=N–C) groups is 1. The number of carbonyl (C=O) groups is 1. The fraction of sp³-hybridized carbons (Fsp3) is 0.125. The molecule has 2 aromatic carbocycles. The summed E-state index contributed by atoms with van der Waals surface area (Å²) < 4.78 is 39.9. The summed E-state index contributed by atoms with van der Waals surface area (Å²) in [6.07, 6.45) is -4.56. The highest BCUT2D eigenvalue weighted by molar-refractivity contribution is 5.90. The maximum Gasteiger partial charge on any atom is 0.416 e. The third-order valence-electron chi connectivity index (χ3n) is 3.21. The number of hydrogen-bond acceptors (Lipinski definition) is 1. The second-order valence-electron chi connectivity index (χ2n) is 4.91. The molecule has 5 nitrogen and oxygen atoms in total. The number of urea groups is 1. The minimum atomic E-state index is -4.56. The first-order valence-electron chi connectivity index (χ1n) is 6.90. The number of nitrogens with two attached hydrogens (primary N) is 2. The first kappa shape index (κ1) is 17.3. The number of benzene rings is 2. The number of amides is 2. The molecule has 8 heteroatoms. The molecule has 0 radical (unpaired) electrons. The summed E-state index contributed by atoms with van der Waals surface area (Å²) in [6.45, 7) is 0. The van der Waals surface area contributed by atoms with Crippen LogP contribution >= 0.6 is 0 Å². The molecule has 5 N–H and O–H groups in total. The van der Waals surface area contributed by atoms with E-state index in [0.29, 0.717) is 5.56 Å². The molecule has 0 aliphatic heterocycles. The first-order valence-corrected chi connectivity index (χ1v) is 6.90. The summed E-state index contributed by atoms with van der Waals surface area (Å²) in [4.78, 5) is 15.1. The van der Waals surface area contributed by atoms with E-state index in [-0.39, 0.29) is 5.56 Å². The van der Waals surface area contributed by atoms with E-state index in [0.717, 1.165) is 6.07 Å². The molecule has 24 heavy (non-hydrogen) atoms. The van der Waals surface area contributed by atoms with Gasteiger partial charge < -0.3 is 16.8 Å².